The average molecular weight is 304 g/mol. The Bertz CT molecular complexity index is 716. The summed E-state index contributed by atoms with van der Waals surface area (Å²) in [6.07, 6.45) is 0. The van der Waals surface area contributed by atoms with E-state index in [1.165, 1.54) is 23.5 Å². The van der Waals surface area contributed by atoms with E-state index in [9.17, 15) is 9.18 Å². The molecule has 0 saturated heterocycles. The van der Waals surface area contributed by atoms with Gasteiger partial charge in [0.15, 0.2) is 0 Å². The van der Waals surface area contributed by atoms with Gasteiger partial charge in [0, 0.05) is 16.5 Å². The first kappa shape index (κ1) is 15.0. The van der Waals surface area contributed by atoms with Crippen LogP contribution in [0.2, 0.25) is 0 Å². The van der Waals surface area contributed by atoms with Gasteiger partial charge in [-0.2, -0.15) is 0 Å². The zero-order valence-electron chi connectivity index (χ0n) is 11.0. The van der Waals surface area contributed by atoms with Gasteiger partial charge in [-0.25, -0.2) is 4.39 Å². The van der Waals surface area contributed by atoms with Crippen molar-refractivity contribution < 1.29 is 14.3 Å². The Balaban J connectivity index is 2.06. The molecule has 1 aromatic heterocycles. The minimum Gasteiger partial charge on any atom is -0.508 e. The Morgan fingerprint density at radius 1 is 1.43 bits per heavy atom. The number of hydrogen-bond acceptors (Lipinski definition) is 4. The lowest BCUT2D eigenvalue weighted by Gasteiger charge is -2.06. The first-order valence-corrected chi connectivity index (χ1v) is 7.02. The smallest absolute Gasteiger partial charge is 0.254 e. The number of phenolic OH excluding ortho intramolecular Hbond substituents is 1. The molecule has 21 heavy (non-hydrogen) atoms. The van der Waals surface area contributed by atoms with Crippen molar-refractivity contribution in [3.63, 3.8) is 0 Å². The van der Waals surface area contributed by atoms with E-state index >= 15 is 0 Å². The molecule has 0 saturated carbocycles. The van der Waals surface area contributed by atoms with E-state index in [0.717, 1.165) is 16.5 Å². The molecule has 1 amide bonds. The minimum absolute atomic E-state index is 0.112. The molecule has 0 fully saturated rings. The standard InChI is InChI=1S/C15H13FN2O2S/c16-13-8-11(19)3-4-12(13)15(20)18-9-14-10(2-1-6-17)5-7-21-14/h3-5,7-8,19H,6,9,17H2,(H,18,20). The highest BCUT2D eigenvalue weighted by Gasteiger charge is 2.12. The van der Waals surface area contributed by atoms with E-state index in [4.69, 9.17) is 10.8 Å². The molecular formula is C15H13FN2O2S. The van der Waals surface area contributed by atoms with Gasteiger partial charge in [0.1, 0.15) is 11.6 Å². The van der Waals surface area contributed by atoms with Crippen molar-refractivity contribution in [2.24, 2.45) is 5.73 Å². The Kier molecular flexibility index (Phi) is 4.93. The van der Waals surface area contributed by atoms with E-state index in [1.54, 1.807) is 0 Å². The zero-order chi connectivity index (χ0) is 15.2. The van der Waals surface area contributed by atoms with Gasteiger partial charge in [0.25, 0.3) is 5.91 Å². The van der Waals surface area contributed by atoms with E-state index in [-0.39, 0.29) is 24.4 Å². The fourth-order valence-corrected chi connectivity index (χ4v) is 2.45. The molecule has 0 spiro atoms. The van der Waals surface area contributed by atoms with E-state index in [0.29, 0.717) is 0 Å². The summed E-state index contributed by atoms with van der Waals surface area (Å²) in [5, 5.41) is 13.6. The second-order valence-electron chi connectivity index (χ2n) is 4.11. The maximum absolute atomic E-state index is 13.6. The molecule has 108 valence electrons. The van der Waals surface area contributed by atoms with Crippen LogP contribution < -0.4 is 11.1 Å². The van der Waals surface area contributed by atoms with Crippen LogP contribution in [0.25, 0.3) is 0 Å². The summed E-state index contributed by atoms with van der Waals surface area (Å²) in [7, 11) is 0. The highest BCUT2D eigenvalue weighted by Crippen LogP contribution is 2.17. The second-order valence-corrected chi connectivity index (χ2v) is 5.11. The first-order valence-electron chi connectivity index (χ1n) is 6.14. The van der Waals surface area contributed by atoms with Gasteiger partial charge in [-0.15, -0.1) is 11.3 Å². The number of nitrogens with two attached hydrogens (primary N) is 1. The van der Waals surface area contributed by atoms with E-state index in [1.807, 2.05) is 11.4 Å². The van der Waals surface area contributed by atoms with Crippen LogP contribution in [-0.4, -0.2) is 17.6 Å². The Morgan fingerprint density at radius 2 is 2.24 bits per heavy atom. The molecule has 0 atom stereocenters. The lowest BCUT2D eigenvalue weighted by atomic mass is 10.2. The predicted octanol–water partition coefficient (Wildman–Crippen LogP) is 1.83. The summed E-state index contributed by atoms with van der Waals surface area (Å²) in [5.41, 5.74) is 6.01. The van der Waals surface area contributed by atoms with E-state index in [2.05, 4.69) is 17.2 Å². The van der Waals surface area contributed by atoms with Gasteiger partial charge in [-0.3, -0.25) is 4.79 Å². The quantitative estimate of drug-likeness (QED) is 0.757. The molecule has 2 aromatic rings. The Hall–Kier alpha value is -2.36. The molecular weight excluding hydrogens is 291 g/mol. The Labute approximate surface area is 125 Å². The highest BCUT2D eigenvalue weighted by atomic mass is 32.1. The van der Waals surface area contributed by atoms with Crippen molar-refractivity contribution in [2.45, 2.75) is 6.54 Å². The first-order chi connectivity index (χ1) is 10.1. The molecule has 0 bridgehead atoms. The molecule has 0 unspecified atom stereocenters. The van der Waals surface area contributed by atoms with Crippen LogP contribution in [0.1, 0.15) is 20.8 Å². The maximum atomic E-state index is 13.6. The number of hydrogen-bond donors (Lipinski definition) is 3. The van der Waals surface area contributed by atoms with Crippen molar-refractivity contribution in [3.05, 3.63) is 51.5 Å². The van der Waals surface area contributed by atoms with Crippen LogP contribution >= 0.6 is 11.3 Å². The van der Waals surface area contributed by atoms with Crippen LogP contribution in [0, 0.1) is 17.7 Å². The van der Waals surface area contributed by atoms with Crippen molar-refractivity contribution in [2.75, 3.05) is 6.54 Å². The summed E-state index contributed by atoms with van der Waals surface area (Å²) in [4.78, 5) is 12.8. The van der Waals surface area contributed by atoms with Crippen LogP contribution in [0.15, 0.2) is 29.6 Å². The lowest BCUT2D eigenvalue weighted by molar-refractivity contribution is 0.0947. The van der Waals surface area contributed by atoms with Gasteiger partial charge >= 0.3 is 0 Å². The van der Waals surface area contributed by atoms with Crippen molar-refractivity contribution in [3.8, 4) is 17.6 Å². The summed E-state index contributed by atoms with van der Waals surface area (Å²) in [6, 6.07) is 5.25. The topological polar surface area (TPSA) is 75.3 Å². The van der Waals surface area contributed by atoms with Gasteiger partial charge in [-0.05, 0) is 23.6 Å². The number of halogens is 1. The Morgan fingerprint density at radius 3 is 2.95 bits per heavy atom. The molecule has 0 radical (unpaired) electrons. The van der Waals surface area contributed by atoms with Crippen LogP contribution in [0.4, 0.5) is 4.39 Å². The molecule has 2 rings (SSSR count). The van der Waals surface area contributed by atoms with E-state index < -0.39 is 11.7 Å². The summed E-state index contributed by atoms with van der Waals surface area (Å²) in [6.45, 7) is 0.520. The van der Waals surface area contributed by atoms with Gasteiger partial charge in [0.05, 0.1) is 18.7 Å². The largest absolute Gasteiger partial charge is 0.508 e. The summed E-state index contributed by atoms with van der Waals surface area (Å²) in [5.74, 6) is 4.14. The number of rotatable bonds is 3. The highest BCUT2D eigenvalue weighted by molar-refractivity contribution is 7.10. The fraction of sp³-hybridized carbons (Fsp3) is 0.133. The molecule has 0 aliphatic carbocycles. The zero-order valence-corrected chi connectivity index (χ0v) is 11.8. The van der Waals surface area contributed by atoms with Crippen LogP contribution in [0.5, 0.6) is 5.75 Å². The van der Waals surface area contributed by atoms with Gasteiger partial charge < -0.3 is 16.2 Å². The number of carbonyl (C=O) groups is 1. The fourth-order valence-electron chi connectivity index (χ4n) is 1.68. The molecule has 1 aromatic carbocycles. The van der Waals surface area contributed by atoms with Gasteiger partial charge in [-0.1, -0.05) is 11.8 Å². The van der Waals surface area contributed by atoms with Crippen molar-refractivity contribution >= 4 is 17.2 Å². The molecule has 4 N–H and O–H groups in total. The number of nitrogens with one attached hydrogen (secondary N) is 1. The van der Waals surface area contributed by atoms with Crippen molar-refractivity contribution in [1.29, 1.82) is 0 Å². The number of amides is 1. The third-order valence-corrected chi connectivity index (χ3v) is 3.60. The number of phenols is 1. The van der Waals surface area contributed by atoms with Crippen LogP contribution in [0.3, 0.4) is 0 Å². The number of thiophene rings is 1. The molecule has 4 nitrogen and oxygen atoms in total. The SMILES string of the molecule is NCC#Cc1ccsc1CNC(=O)c1ccc(O)cc1F. The summed E-state index contributed by atoms with van der Waals surface area (Å²) < 4.78 is 13.6. The molecule has 0 aliphatic heterocycles. The maximum Gasteiger partial charge on any atom is 0.254 e. The van der Waals surface area contributed by atoms with Gasteiger partial charge in [0.2, 0.25) is 0 Å². The molecule has 0 aliphatic rings. The van der Waals surface area contributed by atoms with Crippen molar-refractivity contribution in [1.82, 2.24) is 5.32 Å². The predicted molar refractivity (Wildman–Crippen MR) is 79.5 cm³/mol. The van der Waals surface area contributed by atoms with Crippen LogP contribution in [-0.2, 0) is 6.54 Å². The third kappa shape index (κ3) is 3.81. The normalized spacial score (nSPS) is 9.81. The number of benzene rings is 1. The number of aromatic hydroxyl groups is 1. The molecule has 6 heteroatoms. The summed E-state index contributed by atoms with van der Waals surface area (Å²) >= 11 is 1.45. The number of carbonyl (C=O) groups excluding carboxylic acids is 1. The minimum atomic E-state index is -0.762. The molecule has 1 heterocycles. The average Bonchev–Trinajstić information content (AvgIpc) is 2.90. The third-order valence-electron chi connectivity index (χ3n) is 2.68. The second kappa shape index (κ2) is 6.88. The monoisotopic (exact) mass is 304 g/mol. The lowest BCUT2D eigenvalue weighted by Crippen LogP contribution is -2.23.